The fourth-order valence-corrected chi connectivity index (χ4v) is 3.16. The van der Waals surface area contributed by atoms with Gasteiger partial charge in [-0.1, -0.05) is 6.92 Å². The summed E-state index contributed by atoms with van der Waals surface area (Å²) in [6.07, 6.45) is 5.01. The van der Waals surface area contributed by atoms with Crippen molar-refractivity contribution in [2.75, 3.05) is 30.0 Å². The topological polar surface area (TPSA) is 41.1 Å². The largest absolute Gasteiger partial charge is 0.355 e. The second-order valence-corrected chi connectivity index (χ2v) is 5.42. The van der Waals surface area contributed by atoms with Crippen molar-refractivity contribution in [1.29, 1.82) is 0 Å². The Bertz CT molecular complexity index is 335. The lowest BCUT2D eigenvalue weighted by molar-refractivity contribution is 0.681. The van der Waals surface area contributed by atoms with Crippen molar-refractivity contribution in [2.24, 2.45) is 0 Å². The van der Waals surface area contributed by atoms with Crippen LogP contribution in [-0.4, -0.2) is 41.1 Å². The predicted octanol–water partition coefficient (Wildman–Crippen LogP) is 1.53. The first kappa shape index (κ1) is 12.6. The summed E-state index contributed by atoms with van der Waals surface area (Å²) in [5, 5.41) is 3.25. The number of rotatable bonds is 5. The van der Waals surface area contributed by atoms with E-state index in [0.29, 0.717) is 6.04 Å². The van der Waals surface area contributed by atoms with Gasteiger partial charge in [0.05, 0.1) is 18.1 Å². The molecule has 2 rings (SSSR count). The minimum absolute atomic E-state index is 0.619. The molecular weight excluding hydrogens is 232 g/mol. The van der Waals surface area contributed by atoms with E-state index in [1.165, 1.54) is 17.9 Å². The Labute approximate surface area is 107 Å². The van der Waals surface area contributed by atoms with Crippen LogP contribution in [0.5, 0.6) is 0 Å². The third kappa shape index (κ3) is 3.33. The lowest BCUT2D eigenvalue weighted by Crippen LogP contribution is -2.32. The van der Waals surface area contributed by atoms with Crippen LogP contribution in [0.15, 0.2) is 12.4 Å². The zero-order valence-corrected chi connectivity index (χ0v) is 11.3. The quantitative estimate of drug-likeness (QED) is 0.860. The van der Waals surface area contributed by atoms with Crippen LogP contribution >= 0.6 is 11.8 Å². The molecule has 4 nitrogen and oxygen atoms in total. The van der Waals surface area contributed by atoms with Crippen LogP contribution in [0.25, 0.3) is 0 Å². The number of hydrogen-bond acceptors (Lipinski definition) is 5. The summed E-state index contributed by atoms with van der Waals surface area (Å²) in [4.78, 5) is 11.2. The van der Waals surface area contributed by atoms with Crippen molar-refractivity contribution in [1.82, 2.24) is 15.3 Å². The standard InChI is InChI=1S/C12H20N4S/c1-3-13-6-10-7-15-12(8-14-10)16(2)11-4-5-17-9-11/h7-8,11,13H,3-6,9H2,1-2H3. The highest BCUT2D eigenvalue weighted by atomic mass is 32.2. The van der Waals surface area contributed by atoms with Crippen LogP contribution in [0.3, 0.4) is 0 Å². The fraction of sp³-hybridized carbons (Fsp3) is 0.667. The van der Waals surface area contributed by atoms with Crippen LogP contribution < -0.4 is 10.2 Å². The van der Waals surface area contributed by atoms with Gasteiger partial charge in [-0.25, -0.2) is 4.98 Å². The fourth-order valence-electron chi connectivity index (χ4n) is 1.89. The molecule has 0 radical (unpaired) electrons. The molecule has 0 bridgehead atoms. The number of nitrogens with one attached hydrogen (secondary N) is 1. The van der Waals surface area contributed by atoms with Gasteiger partial charge >= 0.3 is 0 Å². The van der Waals surface area contributed by atoms with E-state index < -0.39 is 0 Å². The van der Waals surface area contributed by atoms with E-state index in [1.807, 2.05) is 24.2 Å². The van der Waals surface area contributed by atoms with E-state index in [4.69, 9.17) is 0 Å². The molecule has 1 aromatic rings. The highest BCUT2D eigenvalue weighted by molar-refractivity contribution is 7.99. The summed E-state index contributed by atoms with van der Waals surface area (Å²) in [6, 6.07) is 0.619. The third-order valence-electron chi connectivity index (χ3n) is 3.06. The third-order valence-corrected chi connectivity index (χ3v) is 4.21. The molecule has 1 aliphatic heterocycles. The second-order valence-electron chi connectivity index (χ2n) is 4.27. The zero-order chi connectivity index (χ0) is 12.1. The molecule has 1 atom stereocenters. The molecule has 1 N–H and O–H groups in total. The summed E-state index contributed by atoms with van der Waals surface area (Å²) in [7, 11) is 2.12. The smallest absolute Gasteiger partial charge is 0.147 e. The lowest BCUT2D eigenvalue weighted by atomic mass is 10.2. The van der Waals surface area contributed by atoms with Gasteiger partial charge in [0, 0.05) is 25.4 Å². The Morgan fingerprint density at radius 3 is 2.94 bits per heavy atom. The minimum Gasteiger partial charge on any atom is -0.355 e. The number of nitrogens with zero attached hydrogens (tertiary/aromatic N) is 3. The Morgan fingerprint density at radius 1 is 1.47 bits per heavy atom. The molecule has 5 heteroatoms. The van der Waals surface area contributed by atoms with Gasteiger partial charge in [0.25, 0.3) is 0 Å². The van der Waals surface area contributed by atoms with E-state index >= 15 is 0 Å². The highest BCUT2D eigenvalue weighted by Gasteiger charge is 2.21. The van der Waals surface area contributed by atoms with Gasteiger partial charge in [-0.05, 0) is 18.7 Å². The van der Waals surface area contributed by atoms with Crippen molar-refractivity contribution in [3.8, 4) is 0 Å². The average molecular weight is 252 g/mol. The van der Waals surface area contributed by atoms with Crippen molar-refractivity contribution < 1.29 is 0 Å². The van der Waals surface area contributed by atoms with Gasteiger partial charge in [-0.3, -0.25) is 4.98 Å². The lowest BCUT2D eigenvalue weighted by Gasteiger charge is -2.24. The molecule has 1 saturated heterocycles. The monoisotopic (exact) mass is 252 g/mol. The Hall–Kier alpha value is -0.810. The molecule has 1 unspecified atom stereocenters. The maximum atomic E-state index is 4.49. The molecule has 0 aromatic carbocycles. The molecule has 17 heavy (non-hydrogen) atoms. The normalized spacial score (nSPS) is 19.5. The first-order valence-corrected chi connectivity index (χ1v) is 7.29. The summed E-state index contributed by atoms with van der Waals surface area (Å²) in [5.74, 6) is 3.45. The van der Waals surface area contributed by atoms with Crippen LogP contribution in [0.4, 0.5) is 5.82 Å². The maximum Gasteiger partial charge on any atom is 0.147 e. The van der Waals surface area contributed by atoms with E-state index in [2.05, 4.69) is 34.2 Å². The van der Waals surface area contributed by atoms with Crippen molar-refractivity contribution in [2.45, 2.75) is 25.9 Å². The van der Waals surface area contributed by atoms with Crippen molar-refractivity contribution in [3.05, 3.63) is 18.1 Å². The summed E-state index contributed by atoms with van der Waals surface area (Å²) < 4.78 is 0. The number of anilines is 1. The SMILES string of the molecule is CCNCc1cnc(N(C)C2CCSC2)cn1. The van der Waals surface area contributed by atoms with Gasteiger partial charge in [-0.2, -0.15) is 11.8 Å². The number of hydrogen-bond donors (Lipinski definition) is 1. The van der Waals surface area contributed by atoms with E-state index in [0.717, 1.165) is 24.6 Å². The van der Waals surface area contributed by atoms with Crippen molar-refractivity contribution >= 4 is 17.6 Å². The van der Waals surface area contributed by atoms with Crippen LogP contribution in [0.2, 0.25) is 0 Å². The van der Waals surface area contributed by atoms with Gasteiger partial charge in [-0.15, -0.1) is 0 Å². The Kier molecular flexibility index (Phi) is 4.62. The maximum absolute atomic E-state index is 4.49. The van der Waals surface area contributed by atoms with Gasteiger partial charge in [0.1, 0.15) is 5.82 Å². The molecule has 2 heterocycles. The molecule has 0 amide bonds. The predicted molar refractivity (Wildman–Crippen MR) is 73.5 cm³/mol. The van der Waals surface area contributed by atoms with Gasteiger partial charge in [0.15, 0.2) is 0 Å². The molecule has 94 valence electrons. The first-order valence-electron chi connectivity index (χ1n) is 6.13. The number of thioether (sulfide) groups is 1. The minimum atomic E-state index is 0.619. The molecule has 1 fully saturated rings. The van der Waals surface area contributed by atoms with Crippen LogP contribution in [-0.2, 0) is 6.54 Å². The Balaban J connectivity index is 1.96. The molecule has 1 aromatic heterocycles. The zero-order valence-electron chi connectivity index (χ0n) is 10.5. The molecule has 0 saturated carbocycles. The molecule has 1 aliphatic rings. The summed E-state index contributed by atoms with van der Waals surface area (Å²) >= 11 is 2.02. The summed E-state index contributed by atoms with van der Waals surface area (Å²) in [5.41, 5.74) is 1.00. The van der Waals surface area contributed by atoms with Crippen molar-refractivity contribution in [3.63, 3.8) is 0 Å². The Morgan fingerprint density at radius 2 is 2.35 bits per heavy atom. The van der Waals surface area contributed by atoms with E-state index in [1.54, 1.807) is 0 Å². The van der Waals surface area contributed by atoms with Crippen LogP contribution in [0.1, 0.15) is 19.0 Å². The molecule has 0 spiro atoms. The summed E-state index contributed by atoms with van der Waals surface area (Å²) in [6.45, 7) is 3.85. The van der Waals surface area contributed by atoms with E-state index in [9.17, 15) is 0 Å². The molecule has 0 aliphatic carbocycles. The van der Waals surface area contributed by atoms with E-state index in [-0.39, 0.29) is 0 Å². The highest BCUT2D eigenvalue weighted by Crippen LogP contribution is 2.24. The van der Waals surface area contributed by atoms with Crippen LogP contribution in [0, 0.1) is 0 Å². The second kappa shape index (κ2) is 6.21. The number of aromatic nitrogens is 2. The molecular formula is C12H20N4S. The van der Waals surface area contributed by atoms with Gasteiger partial charge in [0.2, 0.25) is 0 Å². The van der Waals surface area contributed by atoms with Gasteiger partial charge < -0.3 is 10.2 Å². The first-order chi connectivity index (χ1) is 8.31. The average Bonchev–Trinajstić information content (AvgIpc) is 2.90.